The molecule has 0 heterocycles. The average Bonchev–Trinajstić information content (AvgIpc) is 2.25. The lowest BCUT2D eigenvalue weighted by Gasteiger charge is -2.19. The van der Waals surface area contributed by atoms with E-state index in [9.17, 15) is 0 Å². The molecule has 1 rings (SSSR count). The van der Waals surface area contributed by atoms with Crippen LogP contribution >= 0.6 is 0 Å². The van der Waals surface area contributed by atoms with E-state index < -0.39 is 0 Å². The maximum atomic E-state index is 5.95. The molecule has 1 aromatic rings. The van der Waals surface area contributed by atoms with Gasteiger partial charge in [0.1, 0.15) is 5.84 Å². The quantitative estimate of drug-likeness (QED) is 0.630. The van der Waals surface area contributed by atoms with Crippen molar-refractivity contribution < 1.29 is 0 Å². The molecule has 0 aromatic heterocycles. The van der Waals surface area contributed by atoms with Crippen LogP contribution in [0.15, 0.2) is 29.3 Å². The van der Waals surface area contributed by atoms with Crippen LogP contribution in [0.5, 0.6) is 0 Å². The normalized spacial score (nSPS) is 13.2. The van der Waals surface area contributed by atoms with Crippen molar-refractivity contribution in [2.75, 3.05) is 6.54 Å². The Balaban J connectivity index is 2.84. The van der Waals surface area contributed by atoms with E-state index in [-0.39, 0.29) is 5.41 Å². The first kappa shape index (κ1) is 13.8. The van der Waals surface area contributed by atoms with Crippen LogP contribution < -0.4 is 5.73 Å². The standard InChI is InChI=1S/C15H24N2/c1-11(2)10-17-14(16)12-6-8-13(9-7-12)15(3,4)5/h6-9,11H,10H2,1-5H3,(H2,16,17). The van der Waals surface area contributed by atoms with Gasteiger partial charge in [-0.05, 0) is 16.9 Å². The van der Waals surface area contributed by atoms with Crippen LogP contribution in [-0.4, -0.2) is 12.4 Å². The van der Waals surface area contributed by atoms with Gasteiger partial charge in [0.05, 0.1) is 0 Å². The fourth-order valence-corrected chi connectivity index (χ4v) is 1.51. The molecule has 2 nitrogen and oxygen atoms in total. The molecule has 2 heteroatoms. The Morgan fingerprint density at radius 2 is 1.71 bits per heavy atom. The minimum atomic E-state index is 0.183. The molecule has 0 saturated heterocycles. The minimum Gasteiger partial charge on any atom is -0.384 e. The van der Waals surface area contributed by atoms with Gasteiger partial charge < -0.3 is 5.73 Å². The van der Waals surface area contributed by atoms with Crippen molar-refractivity contribution in [3.63, 3.8) is 0 Å². The van der Waals surface area contributed by atoms with Crippen LogP contribution in [0.4, 0.5) is 0 Å². The number of hydrogen-bond acceptors (Lipinski definition) is 1. The molecule has 0 radical (unpaired) electrons. The average molecular weight is 232 g/mol. The molecule has 0 amide bonds. The molecule has 2 N–H and O–H groups in total. The van der Waals surface area contributed by atoms with Crippen molar-refractivity contribution in [1.82, 2.24) is 0 Å². The number of rotatable bonds is 3. The molecule has 0 aliphatic heterocycles. The van der Waals surface area contributed by atoms with Gasteiger partial charge in [-0.25, -0.2) is 0 Å². The first-order valence-electron chi connectivity index (χ1n) is 6.21. The lowest BCUT2D eigenvalue weighted by molar-refractivity contribution is 0.590. The van der Waals surface area contributed by atoms with Crippen molar-refractivity contribution in [3.8, 4) is 0 Å². The molecular weight excluding hydrogens is 208 g/mol. The molecule has 0 aliphatic rings. The molecule has 94 valence electrons. The second kappa shape index (κ2) is 5.35. The van der Waals surface area contributed by atoms with Crippen molar-refractivity contribution in [1.29, 1.82) is 0 Å². The highest BCUT2D eigenvalue weighted by Crippen LogP contribution is 2.22. The third kappa shape index (κ3) is 4.22. The minimum absolute atomic E-state index is 0.183. The third-order valence-corrected chi connectivity index (χ3v) is 2.67. The maximum Gasteiger partial charge on any atom is 0.125 e. The Labute approximate surface area is 105 Å². The second-order valence-electron chi connectivity index (χ2n) is 5.95. The molecular formula is C15H24N2. The van der Waals surface area contributed by atoms with Crippen LogP contribution in [-0.2, 0) is 5.41 Å². The summed E-state index contributed by atoms with van der Waals surface area (Å²) in [6.45, 7) is 11.7. The number of amidine groups is 1. The summed E-state index contributed by atoms with van der Waals surface area (Å²) in [7, 11) is 0. The Kier molecular flexibility index (Phi) is 4.33. The fourth-order valence-electron chi connectivity index (χ4n) is 1.51. The number of nitrogens with zero attached hydrogens (tertiary/aromatic N) is 1. The Hall–Kier alpha value is -1.31. The number of aliphatic imine (C=N–C) groups is 1. The van der Waals surface area contributed by atoms with Gasteiger partial charge in [-0.15, -0.1) is 0 Å². The van der Waals surface area contributed by atoms with Crippen LogP contribution in [0.3, 0.4) is 0 Å². The van der Waals surface area contributed by atoms with Gasteiger partial charge in [-0.2, -0.15) is 0 Å². The molecule has 0 spiro atoms. The Bertz CT molecular complexity index is 380. The summed E-state index contributed by atoms with van der Waals surface area (Å²) < 4.78 is 0. The van der Waals surface area contributed by atoms with Gasteiger partial charge in [-0.1, -0.05) is 58.9 Å². The summed E-state index contributed by atoms with van der Waals surface area (Å²) in [6, 6.07) is 8.37. The van der Waals surface area contributed by atoms with Crippen LogP contribution in [0.25, 0.3) is 0 Å². The predicted molar refractivity (Wildman–Crippen MR) is 75.6 cm³/mol. The molecule has 0 aliphatic carbocycles. The first-order chi connectivity index (χ1) is 7.80. The highest BCUT2D eigenvalue weighted by molar-refractivity contribution is 5.97. The summed E-state index contributed by atoms with van der Waals surface area (Å²) in [6.07, 6.45) is 0. The monoisotopic (exact) mass is 232 g/mol. The van der Waals surface area contributed by atoms with Crippen molar-refractivity contribution >= 4 is 5.84 Å². The highest BCUT2D eigenvalue weighted by Gasteiger charge is 2.13. The van der Waals surface area contributed by atoms with E-state index in [0.29, 0.717) is 11.8 Å². The zero-order valence-corrected chi connectivity index (χ0v) is 11.6. The van der Waals surface area contributed by atoms with Gasteiger partial charge in [0, 0.05) is 12.1 Å². The molecule has 0 atom stereocenters. The van der Waals surface area contributed by atoms with Gasteiger partial charge in [-0.3, -0.25) is 4.99 Å². The SMILES string of the molecule is CC(C)CN=C(N)c1ccc(C(C)(C)C)cc1. The summed E-state index contributed by atoms with van der Waals surface area (Å²) in [4.78, 5) is 4.38. The van der Waals surface area contributed by atoms with E-state index in [4.69, 9.17) is 5.73 Å². The summed E-state index contributed by atoms with van der Waals surface area (Å²) >= 11 is 0. The summed E-state index contributed by atoms with van der Waals surface area (Å²) in [5, 5.41) is 0. The summed E-state index contributed by atoms with van der Waals surface area (Å²) in [5.41, 5.74) is 8.47. The van der Waals surface area contributed by atoms with E-state index in [2.05, 4.69) is 63.9 Å². The molecule has 0 unspecified atom stereocenters. The van der Waals surface area contributed by atoms with E-state index in [1.165, 1.54) is 5.56 Å². The molecule has 0 saturated carbocycles. The lowest BCUT2D eigenvalue weighted by atomic mass is 9.86. The lowest BCUT2D eigenvalue weighted by Crippen LogP contribution is -2.16. The maximum absolute atomic E-state index is 5.95. The van der Waals surface area contributed by atoms with Crippen LogP contribution in [0.2, 0.25) is 0 Å². The second-order valence-corrected chi connectivity index (χ2v) is 5.95. The fraction of sp³-hybridized carbons (Fsp3) is 0.533. The smallest absolute Gasteiger partial charge is 0.125 e. The molecule has 1 aromatic carbocycles. The van der Waals surface area contributed by atoms with E-state index in [0.717, 1.165) is 12.1 Å². The number of benzene rings is 1. The zero-order valence-electron chi connectivity index (χ0n) is 11.6. The zero-order chi connectivity index (χ0) is 13.1. The largest absolute Gasteiger partial charge is 0.384 e. The van der Waals surface area contributed by atoms with Gasteiger partial charge >= 0.3 is 0 Å². The number of hydrogen-bond donors (Lipinski definition) is 1. The van der Waals surface area contributed by atoms with Crippen molar-refractivity contribution in [2.45, 2.75) is 40.0 Å². The first-order valence-corrected chi connectivity index (χ1v) is 6.21. The van der Waals surface area contributed by atoms with Crippen LogP contribution in [0.1, 0.15) is 45.7 Å². The van der Waals surface area contributed by atoms with Crippen LogP contribution in [0, 0.1) is 5.92 Å². The van der Waals surface area contributed by atoms with Gasteiger partial charge in [0.15, 0.2) is 0 Å². The Morgan fingerprint density at radius 3 is 2.12 bits per heavy atom. The Morgan fingerprint density at radius 1 is 1.18 bits per heavy atom. The van der Waals surface area contributed by atoms with Gasteiger partial charge in [0.2, 0.25) is 0 Å². The van der Waals surface area contributed by atoms with E-state index >= 15 is 0 Å². The molecule has 0 bridgehead atoms. The van der Waals surface area contributed by atoms with E-state index in [1.54, 1.807) is 0 Å². The predicted octanol–water partition coefficient (Wildman–Crippen LogP) is 3.35. The van der Waals surface area contributed by atoms with E-state index in [1.807, 2.05) is 0 Å². The van der Waals surface area contributed by atoms with Crippen molar-refractivity contribution in [3.05, 3.63) is 35.4 Å². The highest BCUT2D eigenvalue weighted by atomic mass is 14.8. The third-order valence-electron chi connectivity index (χ3n) is 2.67. The van der Waals surface area contributed by atoms with Crippen molar-refractivity contribution in [2.24, 2.45) is 16.6 Å². The number of nitrogens with two attached hydrogens (primary N) is 1. The van der Waals surface area contributed by atoms with Gasteiger partial charge in [0.25, 0.3) is 0 Å². The topological polar surface area (TPSA) is 38.4 Å². The summed E-state index contributed by atoms with van der Waals surface area (Å²) in [5.74, 6) is 1.18. The molecule has 0 fully saturated rings. The molecule has 17 heavy (non-hydrogen) atoms.